The van der Waals surface area contributed by atoms with Crippen LogP contribution in [0.15, 0.2) is 94.2 Å². The summed E-state index contributed by atoms with van der Waals surface area (Å²) in [5.74, 6) is -0.212. The number of rotatable bonds is 8. The smallest absolute Gasteiger partial charge is 0.321 e. The first-order valence-corrected chi connectivity index (χ1v) is 10.6. The van der Waals surface area contributed by atoms with Crippen molar-refractivity contribution in [3.63, 3.8) is 0 Å². The van der Waals surface area contributed by atoms with Gasteiger partial charge in [0.15, 0.2) is 11.5 Å². The highest BCUT2D eigenvalue weighted by molar-refractivity contribution is 7.94. The van der Waals surface area contributed by atoms with Crippen molar-refractivity contribution >= 4 is 33.2 Å². The second-order valence-corrected chi connectivity index (χ2v) is 7.89. The SMILES string of the molecule is O=C(c1ccc(NS(=O)(=O)Nc2ccc(C(=O)c3ccco3)cc2)cc1)c1ccco1. The van der Waals surface area contributed by atoms with Crippen molar-refractivity contribution in [1.82, 2.24) is 0 Å². The average molecular weight is 436 g/mol. The van der Waals surface area contributed by atoms with Gasteiger partial charge in [-0.3, -0.25) is 19.0 Å². The van der Waals surface area contributed by atoms with Crippen LogP contribution in [0.25, 0.3) is 0 Å². The lowest BCUT2D eigenvalue weighted by atomic mass is 10.1. The molecule has 0 aliphatic heterocycles. The molecule has 0 unspecified atom stereocenters. The minimum Gasteiger partial charge on any atom is -0.461 e. The molecule has 2 N–H and O–H groups in total. The number of carbonyl (C=O) groups is 2. The van der Waals surface area contributed by atoms with Gasteiger partial charge in [-0.2, -0.15) is 8.42 Å². The molecule has 0 spiro atoms. The van der Waals surface area contributed by atoms with Gasteiger partial charge in [-0.05, 0) is 72.8 Å². The maximum Gasteiger partial charge on any atom is 0.321 e. The Morgan fingerprint density at radius 1 is 0.613 bits per heavy atom. The maximum absolute atomic E-state index is 12.4. The standard InChI is InChI=1S/C22H16N2O6S/c25-21(19-3-1-13-29-19)15-5-9-17(10-6-15)23-31(27,28)24-18-11-7-16(8-12-18)22(26)20-4-2-14-30-20/h1-14,23-24H. The summed E-state index contributed by atoms with van der Waals surface area (Å²) in [7, 11) is -3.95. The molecule has 2 aromatic carbocycles. The molecule has 0 fully saturated rings. The average Bonchev–Trinajstić information content (AvgIpc) is 3.47. The minimum atomic E-state index is -3.95. The number of hydrogen-bond acceptors (Lipinski definition) is 6. The minimum absolute atomic E-state index is 0.198. The van der Waals surface area contributed by atoms with Gasteiger partial charge in [-0.25, -0.2) is 0 Å². The molecule has 31 heavy (non-hydrogen) atoms. The van der Waals surface area contributed by atoms with Gasteiger partial charge in [0.1, 0.15) is 0 Å². The zero-order chi connectivity index (χ0) is 21.8. The number of furan rings is 2. The van der Waals surface area contributed by atoms with E-state index in [4.69, 9.17) is 8.83 Å². The summed E-state index contributed by atoms with van der Waals surface area (Å²) in [5.41, 5.74) is 1.27. The van der Waals surface area contributed by atoms with Crippen LogP contribution < -0.4 is 9.44 Å². The van der Waals surface area contributed by atoms with Crippen molar-refractivity contribution in [1.29, 1.82) is 0 Å². The lowest BCUT2D eigenvalue weighted by Gasteiger charge is -2.11. The van der Waals surface area contributed by atoms with Gasteiger partial charge in [0.2, 0.25) is 11.6 Å². The highest BCUT2D eigenvalue weighted by Gasteiger charge is 2.15. The fourth-order valence-corrected chi connectivity index (χ4v) is 3.76. The number of nitrogens with one attached hydrogen (secondary N) is 2. The zero-order valence-corrected chi connectivity index (χ0v) is 16.8. The Bertz CT molecular complexity index is 1190. The molecule has 0 aliphatic carbocycles. The zero-order valence-electron chi connectivity index (χ0n) is 15.9. The van der Waals surface area contributed by atoms with E-state index in [1.54, 1.807) is 24.3 Å². The second kappa shape index (κ2) is 8.33. The first-order chi connectivity index (χ1) is 14.9. The number of hydrogen-bond donors (Lipinski definition) is 2. The highest BCUT2D eigenvalue weighted by Crippen LogP contribution is 2.18. The fraction of sp³-hybridized carbons (Fsp3) is 0. The summed E-state index contributed by atoms with van der Waals surface area (Å²) >= 11 is 0. The van der Waals surface area contributed by atoms with Gasteiger partial charge >= 0.3 is 10.2 Å². The molecule has 2 aromatic heterocycles. The van der Waals surface area contributed by atoms with E-state index in [2.05, 4.69) is 9.44 Å². The molecule has 4 rings (SSSR count). The van der Waals surface area contributed by atoms with Crippen molar-refractivity contribution in [2.75, 3.05) is 9.44 Å². The molecule has 0 bridgehead atoms. The Labute approximate surface area is 177 Å². The van der Waals surface area contributed by atoms with Crippen LogP contribution in [0, 0.1) is 0 Å². The summed E-state index contributed by atoms with van der Waals surface area (Å²) < 4.78 is 39.7. The summed E-state index contributed by atoms with van der Waals surface area (Å²) in [5, 5.41) is 0. The van der Waals surface area contributed by atoms with Gasteiger partial charge in [0.25, 0.3) is 0 Å². The van der Waals surface area contributed by atoms with Crippen LogP contribution in [0.2, 0.25) is 0 Å². The first-order valence-electron chi connectivity index (χ1n) is 9.08. The van der Waals surface area contributed by atoms with Gasteiger partial charge in [0.05, 0.1) is 23.9 Å². The van der Waals surface area contributed by atoms with E-state index in [1.807, 2.05) is 0 Å². The quantitative estimate of drug-likeness (QED) is 0.401. The normalized spacial score (nSPS) is 11.1. The molecule has 4 aromatic rings. The Morgan fingerprint density at radius 3 is 1.32 bits per heavy atom. The van der Waals surface area contributed by atoms with Gasteiger partial charge in [-0.1, -0.05) is 0 Å². The van der Waals surface area contributed by atoms with Gasteiger partial charge in [0, 0.05) is 11.1 Å². The Balaban J connectivity index is 1.41. The lowest BCUT2D eigenvalue weighted by Crippen LogP contribution is -2.21. The fourth-order valence-electron chi connectivity index (χ4n) is 2.82. The van der Waals surface area contributed by atoms with Crippen LogP contribution in [-0.2, 0) is 10.2 Å². The first kappa shape index (κ1) is 20.2. The van der Waals surface area contributed by atoms with E-state index in [-0.39, 0.29) is 34.5 Å². The van der Waals surface area contributed by atoms with Crippen LogP contribution in [0.1, 0.15) is 32.2 Å². The number of carbonyl (C=O) groups excluding carboxylic acids is 2. The van der Waals surface area contributed by atoms with Crippen molar-refractivity contribution in [3.8, 4) is 0 Å². The van der Waals surface area contributed by atoms with Crippen molar-refractivity contribution in [2.45, 2.75) is 0 Å². The van der Waals surface area contributed by atoms with Crippen LogP contribution in [0.5, 0.6) is 0 Å². The summed E-state index contributed by atoms with van der Waals surface area (Å²) in [6, 6.07) is 18.2. The van der Waals surface area contributed by atoms with Gasteiger partial charge < -0.3 is 8.83 Å². The van der Waals surface area contributed by atoms with E-state index < -0.39 is 10.2 Å². The van der Waals surface area contributed by atoms with Crippen LogP contribution in [0.3, 0.4) is 0 Å². The Hall–Kier alpha value is -4.11. The number of anilines is 2. The molecule has 0 atom stereocenters. The molecular formula is C22H16N2O6S. The number of benzene rings is 2. The molecule has 2 heterocycles. The van der Waals surface area contributed by atoms with E-state index in [1.165, 1.54) is 61.1 Å². The molecule has 0 radical (unpaired) electrons. The maximum atomic E-state index is 12.4. The van der Waals surface area contributed by atoms with Crippen LogP contribution >= 0.6 is 0 Å². The van der Waals surface area contributed by atoms with E-state index in [0.29, 0.717) is 11.1 Å². The topological polar surface area (TPSA) is 119 Å². The third-order valence-electron chi connectivity index (χ3n) is 4.29. The van der Waals surface area contributed by atoms with E-state index in [0.717, 1.165) is 0 Å². The molecular weight excluding hydrogens is 420 g/mol. The highest BCUT2D eigenvalue weighted by atomic mass is 32.2. The number of ketones is 2. The van der Waals surface area contributed by atoms with E-state index >= 15 is 0 Å². The predicted octanol–water partition coefficient (Wildman–Crippen LogP) is 4.10. The van der Waals surface area contributed by atoms with Crippen LogP contribution in [-0.4, -0.2) is 20.0 Å². The Kier molecular flexibility index (Phi) is 5.42. The van der Waals surface area contributed by atoms with Crippen molar-refractivity contribution in [2.24, 2.45) is 0 Å². The monoisotopic (exact) mass is 436 g/mol. The molecule has 0 saturated carbocycles. The summed E-state index contributed by atoms with van der Waals surface area (Å²) in [6.45, 7) is 0. The van der Waals surface area contributed by atoms with Crippen LogP contribution in [0.4, 0.5) is 11.4 Å². The van der Waals surface area contributed by atoms with Gasteiger partial charge in [-0.15, -0.1) is 0 Å². The largest absolute Gasteiger partial charge is 0.461 e. The third kappa shape index (κ3) is 4.73. The molecule has 0 aliphatic rings. The molecule has 9 heteroatoms. The second-order valence-electron chi connectivity index (χ2n) is 6.48. The molecule has 0 saturated heterocycles. The van der Waals surface area contributed by atoms with Crippen molar-refractivity contribution < 1.29 is 26.8 Å². The van der Waals surface area contributed by atoms with E-state index in [9.17, 15) is 18.0 Å². The van der Waals surface area contributed by atoms with Crippen molar-refractivity contribution in [3.05, 3.63) is 108 Å². The molecule has 156 valence electrons. The summed E-state index contributed by atoms with van der Waals surface area (Å²) in [4.78, 5) is 24.4. The summed E-state index contributed by atoms with van der Waals surface area (Å²) in [6.07, 6.45) is 2.81. The predicted molar refractivity (Wildman–Crippen MR) is 113 cm³/mol. The lowest BCUT2D eigenvalue weighted by molar-refractivity contribution is 0.100. The molecule has 8 nitrogen and oxygen atoms in total. The third-order valence-corrected chi connectivity index (χ3v) is 5.30. The Morgan fingerprint density at radius 2 is 1.00 bits per heavy atom. The molecule has 0 amide bonds.